The van der Waals surface area contributed by atoms with Crippen LogP contribution in [0.1, 0.15) is 33.1 Å². The summed E-state index contributed by atoms with van der Waals surface area (Å²) in [5.74, 6) is 0.388. The van der Waals surface area contributed by atoms with Crippen molar-refractivity contribution in [1.82, 2.24) is 5.32 Å². The highest BCUT2D eigenvalue weighted by Gasteiger charge is 2.40. The van der Waals surface area contributed by atoms with E-state index in [2.05, 4.69) is 12.2 Å². The first-order valence-corrected chi connectivity index (χ1v) is 7.44. The minimum atomic E-state index is -0.257. The molecule has 1 aromatic carbocycles. The summed E-state index contributed by atoms with van der Waals surface area (Å²) < 4.78 is 0. The number of phenols is 1. The minimum Gasteiger partial charge on any atom is -0.508 e. The SMILES string of the molecule is CCN(C(=O)C1(CC)CCNCC1)c1cccc(O)c1. The van der Waals surface area contributed by atoms with E-state index in [1.165, 1.54) is 0 Å². The fourth-order valence-corrected chi connectivity index (χ4v) is 3.01. The van der Waals surface area contributed by atoms with Gasteiger partial charge in [0.2, 0.25) is 5.91 Å². The zero-order valence-electron chi connectivity index (χ0n) is 12.4. The van der Waals surface area contributed by atoms with Crippen LogP contribution in [-0.4, -0.2) is 30.6 Å². The van der Waals surface area contributed by atoms with Crippen molar-refractivity contribution in [2.75, 3.05) is 24.5 Å². The van der Waals surface area contributed by atoms with Crippen molar-refractivity contribution in [1.29, 1.82) is 0 Å². The number of nitrogens with one attached hydrogen (secondary N) is 1. The number of hydrogen-bond acceptors (Lipinski definition) is 3. The Kier molecular flexibility index (Phi) is 4.65. The Balaban J connectivity index is 2.28. The molecule has 0 unspecified atom stereocenters. The number of anilines is 1. The lowest BCUT2D eigenvalue weighted by Gasteiger charge is -2.39. The average Bonchev–Trinajstić information content (AvgIpc) is 2.48. The second kappa shape index (κ2) is 6.27. The monoisotopic (exact) mass is 276 g/mol. The molecule has 1 aromatic rings. The Morgan fingerprint density at radius 1 is 1.35 bits per heavy atom. The molecule has 1 heterocycles. The Labute approximate surface area is 120 Å². The van der Waals surface area contributed by atoms with E-state index < -0.39 is 0 Å². The van der Waals surface area contributed by atoms with Crippen LogP contribution in [0.3, 0.4) is 0 Å². The first-order chi connectivity index (χ1) is 9.63. The summed E-state index contributed by atoms with van der Waals surface area (Å²) >= 11 is 0. The van der Waals surface area contributed by atoms with Gasteiger partial charge >= 0.3 is 0 Å². The van der Waals surface area contributed by atoms with E-state index >= 15 is 0 Å². The van der Waals surface area contributed by atoms with Crippen molar-refractivity contribution in [2.24, 2.45) is 5.41 Å². The molecule has 0 atom stereocenters. The molecule has 0 radical (unpaired) electrons. The Bertz CT molecular complexity index is 467. The molecule has 0 bridgehead atoms. The average molecular weight is 276 g/mol. The lowest BCUT2D eigenvalue weighted by atomic mass is 9.75. The van der Waals surface area contributed by atoms with Gasteiger partial charge in [-0.2, -0.15) is 0 Å². The summed E-state index contributed by atoms with van der Waals surface area (Å²) in [6, 6.07) is 6.95. The van der Waals surface area contributed by atoms with E-state index in [9.17, 15) is 9.90 Å². The second-order valence-corrected chi connectivity index (χ2v) is 5.45. The Morgan fingerprint density at radius 3 is 2.60 bits per heavy atom. The maximum Gasteiger partial charge on any atom is 0.233 e. The minimum absolute atomic E-state index is 0.189. The van der Waals surface area contributed by atoms with Gasteiger partial charge in [0.25, 0.3) is 0 Å². The predicted octanol–water partition coefficient (Wildman–Crippen LogP) is 2.52. The summed E-state index contributed by atoms with van der Waals surface area (Å²) in [5, 5.41) is 12.9. The number of benzene rings is 1. The van der Waals surface area contributed by atoms with Crippen LogP contribution in [0.15, 0.2) is 24.3 Å². The van der Waals surface area contributed by atoms with Gasteiger partial charge in [-0.15, -0.1) is 0 Å². The van der Waals surface area contributed by atoms with Crippen molar-refractivity contribution in [3.8, 4) is 5.75 Å². The fraction of sp³-hybridized carbons (Fsp3) is 0.562. The third kappa shape index (κ3) is 2.80. The molecule has 20 heavy (non-hydrogen) atoms. The first-order valence-electron chi connectivity index (χ1n) is 7.44. The molecule has 1 saturated heterocycles. The van der Waals surface area contributed by atoms with Gasteiger partial charge in [0.1, 0.15) is 5.75 Å². The van der Waals surface area contributed by atoms with Gasteiger partial charge in [0.15, 0.2) is 0 Å². The molecule has 4 nitrogen and oxygen atoms in total. The van der Waals surface area contributed by atoms with Crippen LogP contribution in [0.2, 0.25) is 0 Å². The summed E-state index contributed by atoms with van der Waals surface area (Å²) in [4.78, 5) is 14.8. The quantitative estimate of drug-likeness (QED) is 0.888. The number of carbonyl (C=O) groups excluding carboxylic acids is 1. The van der Waals surface area contributed by atoms with E-state index in [1.54, 1.807) is 23.1 Å². The largest absolute Gasteiger partial charge is 0.508 e. The van der Waals surface area contributed by atoms with Gasteiger partial charge in [-0.05, 0) is 51.4 Å². The summed E-state index contributed by atoms with van der Waals surface area (Å²) in [7, 11) is 0. The van der Waals surface area contributed by atoms with E-state index in [0.717, 1.165) is 38.0 Å². The normalized spacial score (nSPS) is 17.7. The van der Waals surface area contributed by atoms with Crippen molar-refractivity contribution in [3.63, 3.8) is 0 Å². The highest BCUT2D eigenvalue weighted by Crippen LogP contribution is 2.36. The second-order valence-electron chi connectivity index (χ2n) is 5.45. The topological polar surface area (TPSA) is 52.6 Å². The third-order valence-corrected chi connectivity index (χ3v) is 4.39. The molecular weight excluding hydrogens is 252 g/mol. The van der Waals surface area contributed by atoms with Gasteiger partial charge in [-0.3, -0.25) is 4.79 Å². The van der Waals surface area contributed by atoms with Crippen LogP contribution in [-0.2, 0) is 4.79 Å². The van der Waals surface area contributed by atoms with Gasteiger partial charge in [-0.1, -0.05) is 13.0 Å². The molecule has 0 aromatic heterocycles. The van der Waals surface area contributed by atoms with Gasteiger partial charge in [0, 0.05) is 18.3 Å². The molecule has 0 saturated carbocycles. The van der Waals surface area contributed by atoms with Gasteiger partial charge in [-0.25, -0.2) is 0 Å². The van der Waals surface area contributed by atoms with Crippen molar-refractivity contribution < 1.29 is 9.90 Å². The smallest absolute Gasteiger partial charge is 0.233 e. The molecule has 0 spiro atoms. The highest BCUT2D eigenvalue weighted by atomic mass is 16.3. The van der Waals surface area contributed by atoms with Gasteiger partial charge < -0.3 is 15.3 Å². The molecule has 1 amide bonds. The Hall–Kier alpha value is -1.55. The number of piperidine rings is 1. The molecule has 0 aliphatic carbocycles. The summed E-state index contributed by atoms with van der Waals surface area (Å²) in [5.41, 5.74) is 0.524. The fourth-order valence-electron chi connectivity index (χ4n) is 3.01. The molecule has 2 N–H and O–H groups in total. The van der Waals surface area contributed by atoms with Crippen LogP contribution >= 0.6 is 0 Å². The van der Waals surface area contributed by atoms with Crippen LogP contribution in [0.5, 0.6) is 5.75 Å². The number of amides is 1. The zero-order valence-corrected chi connectivity index (χ0v) is 12.4. The number of aromatic hydroxyl groups is 1. The van der Waals surface area contributed by atoms with E-state index in [0.29, 0.717) is 6.54 Å². The third-order valence-electron chi connectivity index (χ3n) is 4.39. The molecule has 1 aliphatic heterocycles. The van der Waals surface area contributed by atoms with Crippen LogP contribution in [0, 0.1) is 5.41 Å². The molecule has 2 rings (SSSR count). The molecule has 1 fully saturated rings. The molecule has 110 valence electrons. The van der Waals surface area contributed by atoms with E-state index in [-0.39, 0.29) is 17.1 Å². The van der Waals surface area contributed by atoms with Gasteiger partial charge in [0.05, 0.1) is 5.41 Å². The first kappa shape index (κ1) is 14.9. The number of phenolic OH excluding ortho intramolecular Hbond substituents is 1. The number of carbonyl (C=O) groups is 1. The summed E-state index contributed by atoms with van der Waals surface area (Å²) in [6.07, 6.45) is 2.64. The van der Waals surface area contributed by atoms with Crippen molar-refractivity contribution >= 4 is 11.6 Å². The standard InChI is InChI=1S/C16H24N2O2/c1-3-16(8-10-17-11-9-16)15(20)18(4-2)13-6-5-7-14(19)12-13/h5-7,12,17,19H,3-4,8-11H2,1-2H3. The highest BCUT2D eigenvalue weighted by molar-refractivity contribution is 5.97. The Morgan fingerprint density at radius 2 is 2.05 bits per heavy atom. The van der Waals surface area contributed by atoms with Crippen LogP contribution in [0.4, 0.5) is 5.69 Å². The van der Waals surface area contributed by atoms with Crippen LogP contribution < -0.4 is 10.2 Å². The van der Waals surface area contributed by atoms with Crippen molar-refractivity contribution in [2.45, 2.75) is 33.1 Å². The molecular formula is C16H24N2O2. The maximum atomic E-state index is 13.0. The zero-order chi connectivity index (χ0) is 14.6. The van der Waals surface area contributed by atoms with Crippen LogP contribution in [0.25, 0.3) is 0 Å². The number of rotatable bonds is 4. The molecule has 4 heteroatoms. The number of nitrogens with zero attached hydrogens (tertiary/aromatic N) is 1. The van der Waals surface area contributed by atoms with E-state index in [4.69, 9.17) is 0 Å². The lowest BCUT2D eigenvalue weighted by molar-refractivity contribution is -0.130. The summed E-state index contributed by atoms with van der Waals surface area (Å²) in [6.45, 7) is 6.50. The van der Waals surface area contributed by atoms with Crippen molar-refractivity contribution in [3.05, 3.63) is 24.3 Å². The lowest BCUT2D eigenvalue weighted by Crippen LogP contribution is -2.49. The molecule has 1 aliphatic rings. The maximum absolute atomic E-state index is 13.0. The number of hydrogen-bond donors (Lipinski definition) is 2. The van der Waals surface area contributed by atoms with E-state index in [1.807, 2.05) is 13.0 Å². The predicted molar refractivity (Wildman–Crippen MR) is 81.0 cm³/mol.